The van der Waals surface area contributed by atoms with Gasteiger partial charge in [0.2, 0.25) is 5.91 Å². The molecule has 1 saturated carbocycles. The van der Waals surface area contributed by atoms with Crippen LogP contribution in [0.1, 0.15) is 54.9 Å². The highest BCUT2D eigenvalue weighted by Crippen LogP contribution is 2.36. The lowest BCUT2D eigenvalue weighted by atomic mass is 9.79. The molecule has 1 amide bonds. The van der Waals surface area contributed by atoms with Crippen molar-refractivity contribution in [3.05, 3.63) is 29.3 Å². The Labute approximate surface area is 132 Å². The molecule has 0 atom stereocenters. The van der Waals surface area contributed by atoms with Gasteiger partial charge in [-0.25, -0.2) is 0 Å². The van der Waals surface area contributed by atoms with Crippen LogP contribution < -0.4 is 10.6 Å². The van der Waals surface area contributed by atoms with Gasteiger partial charge < -0.3 is 15.7 Å². The largest absolute Gasteiger partial charge is 0.388 e. The van der Waals surface area contributed by atoms with E-state index in [0.717, 1.165) is 62.2 Å². The average molecular weight is 302 g/mol. The van der Waals surface area contributed by atoms with Gasteiger partial charge in [0.25, 0.3) is 0 Å². The zero-order valence-electron chi connectivity index (χ0n) is 13.3. The molecule has 0 spiro atoms. The van der Waals surface area contributed by atoms with Gasteiger partial charge in [-0.15, -0.1) is 0 Å². The number of amides is 1. The van der Waals surface area contributed by atoms with Crippen LogP contribution in [0.25, 0.3) is 0 Å². The topological polar surface area (TPSA) is 66.6 Å². The zero-order valence-corrected chi connectivity index (χ0v) is 13.3. The number of nitrogens with two attached hydrogens (primary N) is 1. The van der Waals surface area contributed by atoms with Gasteiger partial charge in [0.1, 0.15) is 0 Å². The summed E-state index contributed by atoms with van der Waals surface area (Å²) in [5.41, 5.74) is 7.67. The number of primary amides is 1. The molecule has 1 aliphatic heterocycles. The Morgan fingerprint density at radius 1 is 1.41 bits per heavy atom. The quantitative estimate of drug-likeness (QED) is 0.901. The van der Waals surface area contributed by atoms with Gasteiger partial charge in [-0.3, -0.25) is 4.79 Å². The smallest absolute Gasteiger partial charge is 0.249 e. The highest BCUT2D eigenvalue weighted by Gasteiger charge is 2.35. The molecule has 0 bridgehead atoms. The summed E-state index contributed by atoms with van der Waals surface area (Å²) in [4.78, 5) is 13.9. The number of aliphatic hydroxyl groups is 1. The molecule has 22 heavy (non-hydrogen) atoms. The first-order valence-corrected chi connectivity index (χ1v) is 8.37. The lowest BCUT2D eigenvalue weighted by molar-refractivity contribution is -0.000568. The molecule has 4 heteroatoms. The predicted molar refractivity (Wildman–Crippen MR) is 88.1 cm³/mol. The minimum absolute atomic E-state index is 0.357. The van der Waals surface area contributed by atoms with Crippen LogP contribution in [0.5, 0.6) is 0 Å². The average Bonchev–Trinajstić information content (AvgIpc) is 2.50. The van der Waals surface area contributed by atoms with Gasteiger partial charge in [-0.2, -0.15) is 0 Å². The minimum Gasteiger partial charge on any atom is -0.388 e. The van der Waals surface area contributed by atoms with E-state index in [1.807, 2.05) is 12.1 Å². The number of anilines is 1. The van der Waals surface area contributed by atoms with Crippen LogP contribution in [0.2, 0.25) is 0 Å². The van der Waals surface area contributed by atoms with E-state index in [2.05, 4.69) is 17.9 Å². The van der Waals surface area contributed by atoms with Crippen molar-refractivity contribution in [2.45, 2.75) is 51.0 Å². The Bertz CT molecular complexity index is 562. The second-order valence-corrected chi connectivity index (χ2v) is 7.10. The number of β-amino-alcohol motifs (C(OH)–C–C–N with tert-alkyl or cyclic N) is 1. The lowest BCUT2D eigenvalue weighted by Gasteiger charge is -2.41. The summed E-state index contributed by atoms with van der Waals surface area (Å²) in [6.45, 7) is 3.86. The molecule has 1 aliphatic carbocycles. The normalized spacial score (nSPS) is 28.3. The Morgan fingerprint density at radius 3 is 2.82 bits per heavy atom. The van der Waals surface area contributed by atoms with Crippen LogP contribution in [0.4, 0.5) is 5.69 Å². The van der Waals surface area contributed by atoms with Crippen LogP contribution in [0, 0.1) is 5.92 Å². The van der Waals surface area contributed by atoms with Crippen molar-refractivity contribution in [2.24, 2.45) is 11.7 Å². The predicted octanol–water partition coefficient (Wildman–Crippen LogP) is 2.48. The van der Waals surface area contributed by atoms with Crippen molar-refractivity contribution in [1.29, 1.82) is 0 Å². The number of fused-ring (bicyclic) bond motifs is 1. The molecule has 120 valence electrons. The van der Waals surface area contributed by atoms with Crippen molar-refractivity contribution >= 4 is 11.6 Å². The fraction of sp³-hybridized carbons (Fsp3) is 0.611. The third-order valence-corrected chi connectivity index (χ3v) is 5.30. The first-order valence-electron chi connectivity index (χ1n) is 8.37. The molecular weight excluding hydrogens is 276 g/mol. The van der Waals surface area contributed by atoms with Crippen LogP contribution in [0.3, 0.4) is 0 Å². The maximum absolute atomic E-state index is 11.6. The number of rotatable bonds is 3. The van der Waals surface area contributed by atoms with Crippen LogP contribution in [-0.4, -0.2) is 29.7 Å². The monoisotopic (exact) mass is 302 g/mol. The Kier molecular flexibility index (Phi) is 4.13. The van der Waals surface area contributed by atoms with E-state index in [1.165, 1.54) is 0 Å². The van der Waals surface area contributed by atoms with E-state index in [1.54, 1.807) is 0 Å². The number of hydrogen-bond donors (Lipinski definition) is 2. The van der Waals surface area contributed by atoms with Crippen molar-refractivity contribution in [1.82, 2.24) is 0 Å². The first-order chi connectivity index (χ1) is 10.5. The van der Waals surface area contributed by atoms with Crippen molar-refractivity contribution < 1.29 is 9.90 Å². The zero-order chi connectivity index (χ0) is 15.7. The molecule has 0 aromatic heterocycles. The van der Waals surface area contributed by atoms with E-state index in [0.29, 0.717) is 12.1 Å². The number of carbonyl (C=O) groups is 1. The standard InChI is InChI=1S/C18H26N2O2/c1-13-7-9-18(22,10-8-13)12-20-11-3-5-14-15(17(19)21)4-2-6-16(14)20/h2,4,6,13,22H,3,5,7-12H2,1H3,(H2,19,21). The van der Waals surface area contributed by atoms with Gasteiger partial charge in [0.15, 0.2) is 0 Å². The second kappa shape index (κ2) is 5.92. The number of hydrogen-bond acceptors (Lipinski definition) is 3. The Hall–Kier alpha value is -1.55. The molecule has 1 aromatic rings. The van der Waals surface area contributed by atoms with E-state index in [4.69, 9.17) is 5.73 Å². The Balaban J connectivity index is 1.83. The van der Waals surface area contributed by atoms with Gasteiger partial charge in [0, 0.05) is 24.3 Å². The maximum Gasteiger partial charge on any atom is 0.249 e. The van der Waals surface area contributed by atoms with Crippen molar-refractivity contribution in [3.8, 4) is 0 Å². The fourth-order valence-electron chi connectivity index (χ4n) is 3.91. The van der Waals surface area contributed by atoms with Crippen molar-refractivity contribution in [2.75, 3.05) is 18.0 Å². The molecule has 1 fully saturated rings. The van der Waals surface area contributed by atoms with Crippen molar-refractivity contribution in [3.63, 3.8) is 0 Å². The molecular formula is C18H26N2O2. The lowest BCUT2D eigenvalue weighted by Crippen LogP contribution is -2.47. The molecule has 3 rings (SSSR count). The molecule has 3 N–H and O–H groups in total. The molecule has 2 aliphatic rings. The van der Waals surface area contributed by atoms with Crippen LogP contribution >= 0.6 is 0 Å². The fourth-order valence-corrected chi connectivity index (χ4v) is 3.91. The van der Waals surface area contributed by atoms with E-state index in [9.17, 15) is 9.90 Å². The number of carbonyl (C=O) groups excluding carboxylic acids is 1. The van der Waals surface area contributed by atoms with Gasteiger partial charge in [0.05, 0.1) is 5.60 Å². The summed E-state index contributed by atoms with van der Waals surface area (Å²) in [5, 5.41) is 10.9. The van der Waals surface area contributed by atoms with Gasteiger partial charge >= 0.3 is 0 Å². The Morgan fingerprint density at radius 2 is 2.14 bits per heavy atom. The SMILES string of the molecule is CC1CCC(O)(CN2CCCc3c(C(N)=O)cccc32)CC1. The number of nitrogens with zero attached hydrogens (tertiary/aromatic N) is 1. The highest BCUT2D eigenvalue weighted by molar-refractivity contribution is 5.96. The van der Waals surface area contributed by atoms with Gasteiger partial charge in [-0.1, -0.05) is 13.0 Å². The molecule has 0 radical (unpaired) electrons. The molecule has 1 heterocycles. The first kappa shape index (κ1) is 15.3. The number of benzene rings is 1. The summed E-state index contributed by atoms with van der Waals surface area (Å²) in [6, 6.07) is 5.75. The minimum atomic E-state index is -0.593. The molecule has 1 aromatic carbocycles. The second-order valence-electron chi connectivity index (χ2n) is 7.10. The third kappa shape index (κ3) is 2.98. The highest BCUT2D eigenvalue weighted by atomic mass is 16.3. The molecule has 4 nitrogen and oxygen atoms in total. The summed E-state index contributed by atoms with van der Waals surface area (Å²) in [7, 11) is 0. The molecule has 0 saturated heterocycles. The maximum atomic E-state index is 11.6. The van der Waals surface area contributed by atoms with E-state index in [-0.39, 0.29) is 5.91 Å². The summed E-state index contributed by atoms with van der Waals surface area (Å²) < 4.78 is 0. The summed E-state index contributed by atoms with van der Waals surface area (Å²) in [5.74, 6) is 0.360. The van der Waals surface area contributed by atoms with Gasteiger partial charge in [-0.05, 0) is 62.1 Å². The summed E-state index contributed by atoms with van der Waals surface area (Å²) in [6.07, 6.45) is 5.83. The van der Waals surface area contributed by atoms with Crippen LogP contribution in [-0.2, 0) is 6.42 Å². The molecule has 0 unspecified atom stereocenters. The van der Waals surface area contributed by atoms with E-state index >= 15 is 0 Å². The van der Waals surface area contributed by atoms with E-state index < -0.39 is 5.60 Å². The van der Waals surface area contributed by atoms with Crippen LogP contribution in [0.15, 0.2) is 18.2 Å². The summed E-state index contributed by atoms with van der Waals surface area (Å²) >= 11 is 0. The third-order valence-electron chi connectivity index (χ3n) is 5.30.